The van der Waals surface area contributed by atoms with Crippen LogP contribution < -0.4 is 5.32 Å². The van der Waals surface area contributed by atoms with Crippen LogP contribution in [0.15, 0.2) is 36.4 Å². The monoisotopic (exact) mass is 269 g/mol. The highest BCUT2D eigenvalue weighted by atomic mass is 19.2. The first-order valence-corrected chi connectivity index (χ1v) is 5.70. The molecule has 0 aliphatic heterocycles. The Kier molecular flexibility index (Phi) is 4.04. The summed E-state index contributed by atoms with van der Waals surface area (Å²) in [5.74, 6) is -5.44. The van der Waals surface area contributed by atoms with Crippen LogP contribution in [0.5, 0.6) is 0 Å². The zero-order valence-corrected chi connectivity index (χ0v) is 9.89. The van der Waals surface area contributed by atoms with Crippen molar-refractivity contribution in [3.63, 3.8) is 0 Å². The van der Waals surface area contributed by atoms with Gasteiger partial charge in [0, 0.05) is 23.9 Å². The number of hydrogen-bond donors (Lipinski definition) is 1. The van der Waals surface area contributed by atoms with Gasteiger partial charge < -0.3 is 5.32 Å². The molecule has 5 heteroatoms. The van der Waals surface area contributed by atoms with Crippen molar-refractivity contribution in [1.29, 1.82) is 0 Å². The zero-order chi connectivity index (χ0) is 13.8. The van der Waals surface area contributed by atoms with E-state index in [1.54, 1.807) is 24.3 Å². The molecule has 0 fully saturated rings. The first kappa shape index (κ1) is 13.4. The number of halogens is 4. The van der Waals surface area contributed by atoms with E-state index in [2.05, 4.69) is 5.32 Å². The second kappa shape index (κ2) is 5.73. The van der Waals surface area contributed by atoms with Crippen molar-refractivity contribution in [2.24, 2.45) is 0 Å². The fourth-order valence-electron chi connectivity index (χ4n) is 1.73. The average molecular weight is 269 g/mol. The largest absolute Gasteiger partial charge is 0.385 e. The van der Waals surface area contributed by atoms with E-state index in [-0.39, 0.29) is 19.0 Å². The minimum absolute atomic E-state index is 0.152. The summed E-state index contributed by atoms with van der Waals surface area (Å²) in [5.41, 5.74) is 0.182. The Labute approximate surface area is 107 Å². The summed E-state index contributed by atoms with van der Waals surface area (Å²) in [6.45, 7) is 0.167. The fourth-order valence-corrected chi connectivity index (χ4v) is 1.73. The molecule has 0 bridgehead atoms. The molecule has 0 spiro atoms. The van der Waals surface area contributed by atoms with Crippen LogP contribution in [-0.2, 0) is 6.42 Å². The highest BCUT2D eigenvalue weighted by Crippen LogP contribution is 2.19. The molecule has 2 aromatic carbocycles. The van der Waals surface area contributed by atoms with Crippen molar-refractivity contribution in [1.82, 2.24) is 0 Å². The third kappa shape index (κ3) is 3.05. The lowest BCUT2D eigenvalue weighted by molar-refractivity contribution is 0.439. The van der Waals surface area contributed by atoms with Gasteiger partial charge in [-0.05, 0) is 18.6 Å². The molecular formula is C14H11F4N. The molecule has 0 radical (unpaired) electrons. The van der Waals surface area contributed by atoms with Crippen molar-refractivity contribution >= 4 is 5.69 Å². The van der Waals surface area contributed by atoms with Gasteiger partial charge in [-0.25, -0.2) is 17.6 Å². The molecule has 19 heavy (non-hydrogen) atoms. The van der Waals surface area contributed by atoms with E-state index < -0.39 is 28.8 Å². The number of hydrogen-bond acceptors (Lipinski definition) is 1. The summed E-state index contributed by atoms with van der Waals surface area (Å²) >= 11 is 0. The average Bonchev–Trinajstić information content (AvgIpc) is 2.42. The Hall–Kier alpha value is -2.04. The highest BCUT2D eigenvalue weighted by molar-refractivity contribution is 5.42. The first-order chi connectivity index (χ1) is 9.09. The molecule has 0 amide bonds. The van der Waals surface area contributed by atoms with E-state index in [0.717, 1.165) is 5.69 Å². The van der Waals surface area contributed by atoms with Crippen LogP contribution in [0.25, 0.3) is 0 Å². The van der Waals surface area contributed by atoms with Gasteiger partial charge in [-0.3, -0.25) is 0 Å². The number of anilines is 1. The number of para-hydroxylation sites is 1. The molecule has 0 aliphatic carbocycles. The van der Waals surface area contributed by atoms with Crippen molar-refractivity contribution in [3.8, 4) is 0 Å². The van der Waals surface area contributed by atoms with E-state index in [4.69, 9.17) is 0 Å². The fraction of sp³-hybridized carbons (Fsp3) is 0.143. The third-order valence-corrected chi connectivity index (χ3v) is 2.68. The Bertz CT molecular complexity index is 543. The highest BCUT2D eigenvalue weighted by Gasteiger charge is 2.18. The molecule has 0 saturated carbocycles. The van der Waals surface area contributed by atoms with Gasteiger partial charge in [-0.15, -0.1) is 0 Å². The van der Waals surface area contributed by atoms with Crippen molar-refractivity contribution in [2.75, 3.05) is 11.9 Å². The summed E-state index contributed by atoms with van der Waals surface area (Å²) < 4.78 is 52.7. The molecule has 100 valence electrons. The maximum absolute atomic E-state index is 13.4. The molecule has 2 aromatic rings. The van der Waals surface area contributed by atoms with Gasteiger partial charge in [0.15, 0.2) is 23.3 Å². The van der Waals surface area contributed by atoms with Crippen molar-refractivity contribution in [2.45, 2.75) is 6.42 Å². The van der Waals surface area contributed by atoms with Crippen LogP contribution in [0.4, 0.5) is 23.2 Å². The van der Waals surface area contributed by atoms with Gasteiger partial charge in [0.25, 0.3) is 0 Å². The second-order valence-corrected chi connectivity index (χ2v) is 3.99. The standard InChI is InChI=1S/C14H11F4N/c15-11-8-12(16)14(18)10(13(11)17)6-7-19-9-4-2-1-3-5-9/h1-5,8,19H,6-7H2. The van der Waals surface area contributed by atoms with Crippen LogP contribution in [0.3, 0.4) is 0 Å². The molecule has 1 nitrogen and oxygen atoms in total. The second-order valence-electron chi connectivity index (χ2n) is 3.99. The molecular weight excluding hydrogens is 258 g/mol. The van der Waals surface area contributed by atoms with Gasteiger partial charge in [-0.2, -0.15) is 0 Å². The van der Waals surface area contributed by atoms with Crippen molar-refractivity contribution < 1.29 is 17.6 Å². The summed E-state index contributed by atoms with van der Waals surface area (Å²) in [7, 11) is 0. The predicted molar refractivity (Wildman–Crippen MR) is 64.9 cm³/mol. The third-order valence-electron chi connectivity index (χ3n) is 2.68. The Morgan fingerprint density at radius 3 is 2.00 bits per heavy atom. The molecule has 0 aromatic heterocycles. The summed E-state index contributed by atoms with van der Waals surface area (Å²) in [4.78, 5) is 0. The zero-order valence-electron chi connectivity index (χ0n) is 9.89. The first-order valence-electron chi connectivity index (χ1n) is 5.70. The quantitative estimate of drug-likeness (QED) is 0.655. The molecule has 0 heterocycles. The smallest absolute Gasteiger partial charge is 0.165 e. The number of benzene rings is 2. The predicted octanol–water partition coefficient (Wildman–Crippen LogP) is 3.90. The Balaban J connectivity index is 2.08. The number of rotatable bonds is 4. The SMILES string of the molecule is Fc1cc(F)c(F)c(CCNc2ccccc2)c1F. The van der Waals surface area contributed by atoms with Gasteiger partial charge in [0.2, 0.25) is 0 Å². The normalized spacial score (nSPS) is 10.5. The van der Waals surface area contributed by atoms with Crippen LogP contribution in [0.2, 0.25) is 0 Å². The summed E-state index contributed by atoms with van der Waals surface area (Å²) in [5, 5.41) is 2.91. The van der Waals surface area contributed by atoms with Gasteiger partial charge in [-0.1, -0.05) is 18.2 Å². The molecule has 0 aliphatic rings. The topological polar surface area (TPSA) is 12.0 Å². The number of nitrogens with one attached hydrogen (secondary N) is 1. The van der Waals surface area contributed by atoms with E-state index in [1.807, 2.05) is 6.07 Å². The molecule has 0 unspecified atom stereocenters. The molecule has 0 saturated heterocycles. The van der Waals surface area contributed by atoms with Gasteiger partial charge in [0.1, 0.15) is 0 Å². The van der Waals surface area contributed by atoms with Gasteiger partial charge >= 0.3 is 0 Å². The van der Waals surface area contributed by atoms with E-state index >= 15 is 0 Å². The lowest BCUT2D eigenvalue weighted by Crippen LogP contribution is -2.10. The van der Waals surface area contributed by atoms with E-state index in [9.17, 15) is 17.6 Å². The van der Waals surface area contributed by atoms with Crippen LogP contribution >= 0.6 is 0 Å². The minimum Gasteiger partial charge on any atom is -0.385 e. The molecule has 1 N–H and O–H groups in total. The van der Waals surface area contributed by atoms with E-state index in [0.29, 0.717) is 0 Å². The van der Waals surface area contributed by atoms with Crippen molar-refractivity contribution in [3.05, 3.63) is 65.2 Å². The maximum atomic E-state index is 13.4. The lowest BCUT2D eigenvalue weighted by atomic mass is 10.1. The van der Waals surface area contributed by atoms with Crippen LogP contribution in [0.1, 0.15) is 5.56 Å². The van der Waals surface area contributed by atoms with Crippen LogP contribution in [-0.4, -0.2) is 6.54 Å². The Morgan fingerprint density at radius 2 is 1.42 bits per heavy atom. The molecule has 2 rings (SSSR count). The van der Waals surface area contributed by atoms with Crippen LogP contribution in [0, 0.1) is 23.3 Å². The van der Waals surface area contributed by atoms with Gasteiger partial charge in [0.05, 0.1) is 0 Å². The minimum atomic E-state index is -1.38. The summed E-state index contributed by atoms with van der Waals surface area (Å²) in [6, 6.07) is 9.18. The maximum Gasteiger partial charge on any atom is 0.165 e. The molecule has 0 atom stereocenters. The summed E-state index contributed by atoms with van der Waals surface area (Å²) in [6.07, 6.45) is -0.152. The Morgan fingerprint density at radius 1 is 0.842 bits per heavy atom. The lowest BCUT2D eigenvalue weighted by Gasteiger charge is -2.09. The van der Waals surface area contributed by atoms with E-state index in [1.165, 1.54) is 0 Å².